The van der Waals surface area contributed by atoms with E-state index in [1.807, 2.05) is 42.5 Å². The van der Waals surface area contributed by atoms with Gasteiger partial charge in [0.1, 0.15) is 0 Å². The first-order valence-corrected chi connectivity index (χ1v) is 5.67. The van der Waals surface area contributed by atoms with Crippen LogP contribution in [0.4, 0.5) is 0 Å². The van der Waals surface area contributed by atoms with Gasteiger partial charge < -0.3 is 0 Å². The predicted molar refractivity (Wildman–Crippen MR) is 68.5 cm³/mol. The van der Waals surface area contributed by atoms with Gasteiger partial charge in [0.25, 0.3) is 5.56 Å². The first-order chi connectivity index (χ1) is 8.65. The molecule has 3 aromatic rings. The van der Waals surface area contributed by atoms with Crippen LogP contribution in [-0.2, 0) is 0 Å². The number of hydrogen-bond acceptors (Lipinski definition) is 3. The molecule has 1 aromatic carbocycles. The Bertz CT molecular complexity index is 768. The van der Waals surface area contributed by atoms with Gasteiger partial charge in [-0.05, 0) is 13.8 Å². The van der Waals surface area contributed by atoms with Crippen molar-refractivity contribution in [3.63, 3.8) is 0 Å². The van der Waals surface area contributed by atoms with Crippen molar-refractivity contribution in [2.75, 3.05) is 0 Å². The molecule has 0 aliphatic carbocycles. The average molecular weight is 240 g/mol. The van der Waals surface area contributed by atoms with E-state index in [0.29, 0.717) is 5.78 Å². The maximum Gasteiger partial charge on any atom is 0.252 e. The molecule has 0 radical (unpaired) electrons. The summed E-state index contributed by atoms with van der Waals surface area (Å²) in [6.45, 7) is 3.90. The summed E-state index contributed by atoms with van der Waals surface area (Å²) in [5.74, 6) is 1.20. The monoisotopic (exact) mass is 240 g/mol. The van der Waals surface area contributed by atoms with Crippen molar-refractivity contribution in [3.05, 3.63) is 51.9 Å². The van der Waals surface area contributed by atoms with E-state index >= 15 is 0 Å². The lowest BCUT2D eigenvalue weighted by Gasteiger charge is -2.03. The van der Waals surface area contributed by atoms with Gasteiger partial charge in [-0.2, -0.15) is 0 Å². The number of nitrogens with zero attached hydrogens (tertiary/aromatic N) is 3. The summed E-state index contributed by atoms with van der Waals surface area (Å²) in [6.07, 6.45) is 0. The van der Waals surface area contributed by atoms with E-state index in [2.05, 4.69) is 15.2 Å². The van der Waals surface area contributed by atoms with Crippen LogP contribution in [-0.4, -0.2) is 19.6 Å². The van der Waals surface area contributed by atoms with E-state index in [9.17, 15) is 4.79 Å². The molecule has 0 amide bonds. The third kappa shape index (κ3) is 1.60. The van der Waals surface area contributed by atoms with E-state index in [1.165, 1.54) is 11.6 Å². The number of benzene rings is 1. The van der Waals surface area contributed by atoms with E-state index in [0.717, 1.165) is 17.1 Å². The molecule has 18 heavy (non-hydrogen) atoms. The molecule has 0 aliphatic heterocycles. The molecule has 5 nitrogen and oxygen atoms in total. The molecule has 3 rings (SSSR count). The van der Waals surface area contributed by atoms with Gasteiger partial charge in [0.05, 0.1) is 0 Å². The van der Waals surface area contributed by atoms with E-state index in [1.54, 1.807) is 0 Å². The number of H-pyrrole nitrogens is 1. The molecule has 0 saturated carbocycles. The molecule has 2 heterocycles. The number of aromatic nitrogens is 4. The van der Waals surface area contributed by atoms with Crippen LogP contribution in [0.3, 0.4) is 0 Å². The van der Waals surface area contributed by atoms with Crippen LogP contribution in [0, 0.1) is 13.8 Å². The summed E-state index contributed by atoms with van der Waals surface area (Å²) in [5, 5.41) is 8.14. The fraction of sp³-hybridized carbons (Fsp3) is 0.154. The van der Waals surface area contributed by atoms with Crippen LogP contribution in [0.25, 0.3) is 17.2 Å². The molecule has 2 aromatic heterocycles. The molecule has 0 spiro atoms. The van der Waals surface area contributed by atoms with Gasteiger partial charge in [-0.15, -0.1) is 10.2 Å². The molecular weight excluding hydrogens is 228 g/mol. The number of nitrogens with one attached hydrogen (secondary N) is 1. The van der Waals surface area contributed by atoms with Gasteiger partial charge in [0.2, 0.25) is 5.78 Å². The van der Waals surface area contributed by atoms with Gasteiger partial charge in [-0.25, -0.2) is 0 Å². The lowest BCUT2D eigenvalue weighted by molar-refractivity contribution is 1.02. The molecule has 90 valence electrons. The van der Waals surface area contributed by atoms with Gasteiger partial charge in [0, 0.05) is 17.3 Å². The van der Waals surface area contributed by atoms with E-state index in [4.69, 9.17) is 0 Å². The molecule has 0 fully saturated rings. The average Bonchev–Trinajstić information content (AvgIpc) is 2.74. The Kier molecular flexibility index (Phi) is 2.26. The Balaban J connectivity index is 2.30. The second-order valence-corrected chi connectivity index (χ2v) is 4.32. The maximum atomic E-state index is 11.4. The minimum absolute atomic E-state index is 0.164. The van der Waals surface area contributed by atoms with Crippen molar-refractivity contribution in [2.45, 2.75) is 13.8 Å². The Labute approximate surface area is 103 Å². The van der Waals surface area contributed by atoms with E-state index in [-0.39, 0.29) is 5.56 Å². The van der Waals surface area contributed by atoms with Crippen molar-refractivity contribution >= 4 is 5.78 Å². The van der Waals surface area contributed by atoms with Crippen molar-refractivity contribution in [1.82, 2.24) is 19.6 Å². The van der Waals surface area contributed by atoms with Crippen LogP contribution in [0.2, 0.25) is 0 Å². The summed E-state index contributed by atoms with van der Waals surface area (Å²) < 4.78 is 1.84. The molecule has 0 bridgehead atoms. The molecule has 1 N–H and O–H groups in total. The molecular formula is C13H12N4O. The normalized spacial score (nSPS) is 11.0. The topological polar surface area (TPSA) is 63.0 Å². The largest absolute Gasteiger partial charge is 0.291 e. The number of aryl methyl sites for hydroxylation is 2. The standard InChI is InChI=1S/C13H12N4O/c1-8-3-5-10(6-4-8)12-15-16-13-14-11(18)7-9(2)17(12)13/h3-7H,1-2H3,(H,14,16,18). The van der Waals surface area contributed by atoms with Crippen molar-refractivity contribution in [3.8, 4) is 11.4 Å². The first-order valence-electron chi connectivity index (χ1n) is 5.67. The fourth-order valence-corrected chi connectivity index (χ4v) is 1.99. The number of fused-ring (bicyclic) bond motifs is 1. The van der Waals surface area contributed by atoms with Gasteiger partial charge in [-0.3, -0.25) is 14.2 Å². The van der Waals surface area contributed by atoms with Crippen LogP contribution in [0.15, 0.2) is 35.1 Å². The summed E-state index contributed by atoms with van der Waals surface area (Å²) in [6, 6.07) is 9.58. The highest BCUT2D eigenvalue weighted by Gasteiger charge is 2.10. The Morgan fingerprint density at radius 1 is 1.11 bits per heavy atom. The highest BCUT2D eigenvalue weighted by atomic mass is 16.1. The van der Waals surface area contributed by atoms with Crippen molar-refractivity contribution < 1.29 is 0 Å². The Hall–Kier alpha value is -2.43. The van der Waals surface area contributed by atoms with Gasteiger partial charge in [0.15, 0.2) is 5.82 Å². The van der Waals surface area contributed by atoms with Gasteiger partial charge >= 0.3 is 0 Å². The molecule has 0 aliphatic rings. The number of aromatic amines is 1. The molecule has 0 atom stereocenters. The lowest BCUT2D eigenvalue weighted by atomic mass is 10.1. The highest BCUT2D eigenvalue weighted by molar-refractivity contribution is 5.58. The van der Waals surface area contributed by atoms with Crippen LogP contribution in [0.1, 0.15) is 11.3 Å². The third-order valence-corrected chi connectivity index (χ3v) is 2.90. The first kappa shape index (κ1) is 10.7. The summed E-state index contributed by atoms with van der Waals surface area (Å²) in [4.78, 5) is 14.0. The second-order valence-electron chi connectivity index (χ2n) is 4.32. The van der Waals surface area contributed by atoms with Crippen LogP contribution >= 0.6 is 0 Å². The fourth-order valence-electron chi connectivity index (χ4n) is 1.99. The zero-order valence-corrected chi connectivity index (χ0v) is 10.1. The Morgan fingerprint density at radius 3 is 2.56 bits per heavy atom. The molecule has 0 unspecified atom stereocenters. The van der Waals surface area contributed by atoms with Gasteiger partial charge in [-0.1, -0.05) is 29.8 Å². The quantitative estimate of drug-likeness (QED) is 0.704. The summed E-state index contributed by atoms with van der Waals surface area (Å²) in [7, 11) is 0. The minimum Gasteiger partial charge on any atom is -0.291 e. The summed E-state index contributed by atoms with van der Waals surface area (Å²) in [5.41, 5.74) is 2.82. The zero-order valence-electron chi connectivity index (χ0n) is 10.1. The Morgan fingerprint density at radius 2 is 1.83 bits per heavy atom. The second kappa shape index (κ2) is 3.80. The predicted octanol–water partition coefficient (Wildman–Crippen LogP) is 1.70. The SMILES string of the molecule is Cc1ccc(-c2nnc3[nH]c(=O)cc(C)n23)cc1. The van der Waals surface area contributed by atoms with Crippen molar-refractivity contribution in [2.24, 2.45) is 0 Å². The van der Waals surface area contributed by atoms with Crippen LogP contribution in [0.5, 0.6) is 0 Å². The molecule has 0 saturated heterocycles. The third-order valence-electron chi connectivity index (χ3n) is 2.90. The van der Waals surface area contributed by atoms with E-state index < -0.39 is 0 Å². The van der Waals surface area contributed by atoms with Crippen LogP contribution < -0.4 is 5.56 Å². The minimum atomic E-state index is -0.164. The zero-order chi connectivity index (χ0) is 12.7. The maximum absolute atomic E-state index is 11.4. The highest BCUT2D eigenvalue weighted by Crippen LogP contribution is 2.18. The number of hydrogen-bond donors (Lipinski definition) is 1. The smallest absolute Gasteiger partial charge is 0.252 e. The summed E-state index contributed by atoms with van der Waals surface area (Å²) >= 11 is 0. The lowest BCUT2D eigenvalue weighted by Crippen LogP contribution is -2.09. The van der Waals surface area contributed by atoms with Crippen molar-refractivity contribution in [1.29, 1.82) is 0 Å². The molecule has 5 heteroatoms. The number of rotatable bonds is 1.